The first-order chi connectivity index (χ1) is 15.1. The summed E-state index contributed by atoms with van der Waals surface area (Å²) in [5.41, 5.74) is 7.45. The molecule has 158 valence electrons. The summed E-state index contributed by atoms with van der Waals surface area (Å²) < 4.78 is 18.9. The fraction of sp³-hybridized carbons (Fsp3) is 0.200. The maximum absolute atomic E-state index is 13.5. The molecule has 6 heteroatoms. The number of benzene rings is 3. The number of nitrogens with zero attached hydrogens (tertiary/aromatic N) is 2. The monoisotopic (exact) mass is 417 g/mol. The van der Waals surface area contributed by atoms with Crippen LogP contribution in [0.5, 0.6) is 0 Å². The van der Waals surface area contributed by atoms with E-state index in [9.17, 15) is 9.18 Å². The zero-order chi connectivity index (χ0) is 21.6. The normalized spacial score (nSPS) is 14.4. The number of hydrogen-bond donors (Lipinski definition) is 1. The molecule has 4 rings (SSSR count). The van der Waals surface area contributed by atoms with Gasteiger partial charge in [0.1, 0.15) is 5.82 Å². The first-order valence-corrected chi connectivity index (χ1v) is 10.2. The van der Waals surface area contributed by atoms with Crippen LogP contribution in [0.15, 0.2) is 77.9 Å². The van der Waals surface area contributed by atoms with Crippen molar-refractivity contribution in [1.29, 1.82) is 0 Å². The van der Waals surface area contributed by atoms with Crippen molar-refractivity contribution in [2.45, 2.75) is 6.92 Å². The van der Waals surface area contributed by atoms with Crippen molar-refractivity contribution in [3.8, 4) is 0 Å². The molecule has 1 aliphatic rings. The van der Waals surface area contributed by atoms with Crippen molar-refractivity contribution in [1.82, 2.24) is 5.43 Å². The number of halogens is 1. The third-order valence-corrected chi connectivity index (χ3v) is 5.22. The van der Waals surface area contributed by atoms with E-state index in [0.717, 1.165) is 43.1 Å². The number of ether oxygens (including phenoxy) is 1. The minimum atomic E-state index is -0.325. The highest BCUT2D eigenvalue weighted by atomic mass is 19.1. The van der Waals surface area contributed by atoms with Crippen LogP contribution in [-0.4, -0.2) is 37.9 Å². The van der Waals surface area contributed by atoms with Gasteiger partial charge in [-0.2, -0.15) is 5.10 Å². The van der Waals surface area contributed by atoms with Gasteiger partial charge in [0.25, 0.3) is 5.91 Å². The van der Waals surface area contributed by atoms with Crippen molar-refractivity contribution in [3.63, 3.8) is 0 Å². The van der Waals surface area contributed by atoms with Crippen molar-refractivity contribution in [2.24, 2.45) is 5.10 Å². The first kappa shape index (κ1) is 20.8. The van der Waals surface area contributed by atoms with Crippen LogP contribution in [0.3, 0.4) is 0 Å². The molecule has 5 nitrogen and oxygen atoms in total. The van der Waals surface area contributed by atoms with E-state index in [4.69, 9.17) is 4.74 Å². The van der Waals surface area contributed by atoms with Gasteiger partial charge in [-0.3, -0.25) is 4.79 Å². The molecule has 1 amide bonds. The van der Waals surface area contributed by atoms with Gasteiger partial charge in [-0.25, -0.2) is 9.82 Å². The molecule has 3 aromatic carbocycles. The van der Waals surface area contributed by atoms with E-state index in [2.05, 4.69) is 15.4 Å². The zero-order valence-corrected chi connectivity index (χ0v) is 17.3. The third-order valence-electron chi connectivity index (χ3n) is 5.22. The molecule has 1 fully saturated rings. The molecule has 0 spiro atoms. The largest absolute Gasteiger partial charge is 0.378 e. The van der Waals surface area contributed by atoms with Crippen molar-refractivity contribution in [3.05, 3.63) is 101 Å². The molecule has 0 radical (unpaired) electrons. The molecule has 0 atom stereocenters. The van der Waals surface area contributed by atoms with E-state index in [1.165, 1.54) is 12.1 Å². The summed E-state index contributed by atoms with van der Waals surface area (Å²) in [6.07, 6.45) is 0. The van der Waals surface area contributed by atoms with Crippen LogP contribution in [-0.2, 0) is 4.74 Å². The minimum absolute atomic E-state index is 0.301. The number of carbonyl (C=O) groups excluding carboxylic acids is 1. The van der Waals surface area contributed by atoms with Crippen molar-refractivity contribution in [2.75, 3.05) is 31.2 Å². The molecule has 0 aromatic heterocycles. The summed E-state index contributed by atoms with van der Waals surface area (Å²) in [4.78, 5) is 14.8. The van der Waals surface area contributed by atoms with Crippen LogP contribution in [0.25, 0.3) is 0 Å². The lowest BCUT2D eigenvalue weighted by Crippen LogP contribution is -2.36. The highest BCUT2D eigenvalue weighted by molar-refractivity contribution is 6.13. The van der Waals surface area contributed by atoms with E-state index in [1.54, 1.807) is 24.3 Å². The van der Waals surface area contributed by atoms with Crippen molar-refractivity contribution >= 4 is 17.3 Å². The minimum Gasteiger partial charge on any atom is -0.378 e. The lowest BCUT2D eigenvalue weighted by molar-refractivity contribution is 0.0955. The van der Waals surface area contributed by atoms with Gasteiger partial charge in [-0.1, -0.05) is 29.8 Å². The molecule has 0 unspecified atom stereocenters. The Morgan fingerprint density at radius 1 is 0.871 bits per heavy atom. The van der Waals surface area contributed by atoms with Gasteiger partial charge in [-0.15, -0.1) is 0 Å². The number of hydrogen-bond acceptors (Lipinski definition) is 4. The summed E-state index contributed by atoms with van der Waals surface area (Å²) in [6.45, 7) is 5.10. The van der Waals surface area contributed by atoms with Crippen LogP contribution >= 0.6 is 0 Å². The fourth-order valence-electron chi connectivity index (χ4n) is 3.43. The molecular weight excluding hydrogens is 393 g/mol. The molecular formula is C25H24FN3O2. The van der Waals surface area contributed by atoms with Gasteiger partial charge >= 0.3 is 0 Å². The second-order valence-electron chi connectivity index (χ2n) is 7.42. The molecule has 0 bridgehead atoms. The third kappa shape index (κ3) is 5.16. The Hall–Kier alpha value is -3.51. The van der Waals surface area contributed by atoms with E-state index in [1.807, 2.05) is 43.3 Å². The second kappa shape index (κ2) is 9.53. The summed E-state index contributed by atoms with van der Waals surface area (Å²) in [5, 5.41) is 4.40. The predicted octanol–water partition coefficient (Wildman–Crippen LogP) is 4.15. The predicted molar refractivity (Wildman–Crippen MR) is 120 cm³/mol. The maximum Gasteiger partial charge on any atom is 0.271 e. The standard InChI is InChI=1S/C25H24FN3O2/c1-18-2-4-21(5-3-18)25(30)28-27-24(19-6-10-22(26)11-7-19)20-8-12-23(13-9-20)29-14-16-31-17-15-29/h2-13H,14-17H2,1H3,(H,28,30). The van der Waals surface area contributed by atoms with Gasteiger partial charge in [0, 0.05) is 35.5 Å². The molecule has 1 heterocycles. The molecule has 1 saturated heterocycles. The number of amides is 1. The van der Waals surface area contributed by atoms with Crippen LogP contribution in [0.4, 0.5) is 10.1 Å². The van der Waals surface area contributed by atoms with Crippen LogP contribution in [0, 0.1) is 12.7 Å². The average molecular weight is 417 g/mol. The Kier molecular flexibility index (Phi) is 6.38. The molecule has 1 N–H and O–H groups in total. The lowest BCUT2D eigenvalue weighted by Gasteiger charge is -2.29. The molecule has 0 aliphatic carbocycles. The number of anilines is 1. The molecule has 0 saturated carbocycles. The van der Waals surface area contributed by atoms with E-state index >= 15 is 0 Å². The van der Waals surface area contributed by atoms with Crippen LogP contribution in [0.1, 0.15) is 27.0 Å². The number of aryl methyl sites for hydroxylation is 1. The second-order valence-corrected chi connectivity index (χ2v) is 7.42. The molecule has 1 aliphatic heterocycles. The Bertz CT molecular complexity index is 1060. The summed E-state index contributed by atoms with van der Waals surface area (Å²) in [7, 11) is 0. The summed E-state index contributed by atoms with van der Waals surface area (Å²) in [5.74, 6) is -0.626. The molecule has 3 aromatic rings. The number of hydrazone groups is 1. The number of nitrogens with one attached hydrogen (secondary N) is 1. The van der Waals surface area contributed by atoms with E-state index in [-0.39, 0.29) is 11.7 Å². The van der Waals surface area contributed by atoms with Crippen LogP contribution < -0.4 is 10.3 Å². The van der Waals surface area contributed by atoms with Crippen molar-refractivity contribution < 1.29 is 13.9 Å². The Balaban J connectivity index is 1.61. The fourth-order valence-corrected chi connectivity index (χ4v) is 3.43. The van der Waals surface area contributed by atoms with Gasteiger partial charge in [0.05, 0.1) is 18.9 Å². The van der Waals surface area contributed by atoms with Gasteiger partial charge in [0.15, 0.2) is 0 Å². The lowest BCUT2D eigenvalue weighted by atomic mass is 10.0. The number of carbonyl (C=O) groups is 1. The van der Waals surface area contributed by atoms with Gasteiger partial charge in [-0.05, 0) is 55.5 Å². The van der Waals surface area contributed by atoms with E-state index in [0.29, 0.717) is 16.8 Å². The summed E-state index contributed by atoms with van der Waals surface area (Å²) >= 11 is 0. The molecule has 31 heavy (non-hydrogen) atoms. The topological polar surface area (TPSA) is 53.9 Å². The SMILES string of the molecule is Cc1ccc(C(=O)NN=C(c2ccc(F)cc2)c2ccc(N3CCOCC3)cc2)cc1. The highest BCUT2D eigenvalue weighted by Gasteiger charge is 2.14. The van der Waals surface area contributed by atoms with Gasteiger partial charge < -0.3 is 9.64 Å². The maximum atomic E-state index is 13.5. The Morgan fingerprint density at radius 2 is 1.42 bits per heavy atom. The zero-order valence-electron chi connectivity index (χ0n) is 17.3. The van der Waals surface area contributed by atoms with E-state index < -0.39 is 0 Å². The first-order valence-electron chi connectivity index (χ1n) is 10.2. The number of rotatable bonds is 5. The quantitative estimate of drug-likeness (QED) is 0.501. The Labute approximate surface area is 181 Å². The smallest absolute Gasteiger partial charge is 0.271 e. The highest BCUT2D eigenvalue weighted by Crippen LogP contribution is 2.19. The average Bonchev–Trinajstić information content (AvgIpc) is 2.81. The Morgan fingerprint density at radius 3 is 2.03 bits per heavy atom. The van der Waals surface area contributed by atoms with Gasteiger partial charge in [0.2, 0.25) is 0 Å². The summed E-state index contributed by atoms with van der Waals surface area (Å²) in [6, 6.07) is 21.3. The van der Waals surface area contributed by atoms with Crippen LogP contribution in [0.2, 0.25) is 0 Å². The number of morpholine rings is 1.